The van der Waals surface area contributed by atoms with E-state index >= 15 is 0 Å². The summed E-state index contributed by atoms with van der Waals surface area (Å²) in [5.74, 6) is 1.36. The van der Waals surface area contributed by atoms with Crippen molar-refractivity contribution in [2.45, 2.75) is 51.1 Å². The number of nitrogen functional groups attached to an aromatic ring is 1. The first-order valence-corrected chi connectivity index (χ1v) is 14.2. The number of benzene rings is 1. The summed E-state index contributed by atoms with van der Waals surface area (Å²) in [5, 5.41) is 9.09. The summed E-state index contributed by atoms with van der Waals surface area (Å²) < 4.78 is 7.65. The number of fused-ring (bicyclic) bond motifs is 2. The summed E-state index contributed by atoms with van der Waals surface area (Å²) in [5.41, 5.74) is 11.9. The molecule has 7 rings (SSSR count). The summed E-state index contributed by atoms with van der Waals surface area (Å²) >= 11 is 1.66. The maximum atomic E-state index is 6.41. The van der Waals surface area contributed by atoms with E-state index in [9.17, 15) is 0 Å². The van der Waals surface area contributed by atoms with Gasteiger partial charge in [-0.2, -0.15) is 5.10 Å². The highest BCUT2D eigenvalue weighted by Crippen LogP contribution is 2.37. The number of rotatable bonds is 5. The van der Waals surface area contributed by atoms with Gasteiger partial charge in [0.15, 0.2) is 5.65 Å². The van der Waals surface area contributed by atoms with Crippen molar-refractivity contribution in [1.82, 2.24) is 39.6 Å². The molecular formula is C27H31N9OS. The molecule has 0 spiro atoms. The Morgan fingerprint density at radius 2 is 1.89 bits per heavy atom. The van der Waals surface area contributed by atoms with Crippen molar-refractivity contribution in [3.63, 3.8) is 0 Å². The second kappa shape index (κ2) is 9.72. The fraction of sp³-hybridized carbons (Fsp3) is 0.444. The van der Waals surface area contributed by atoms with E-state index in [2.05, 4.69) is 47.0 Å². The highest BCUT2D eigenvalue weighted by atomic mass is 32.1. The van der Waals surface area contributed by atoms with Crippen LogP contribution in [0.25, 0.3) is 33.3 Å². The summed E-state index contributed by atoms with van der Waals surface area (Å²) in [6, 6.07) is 7.12. The molecule has 0 amide bonds. The van der Waals surface area contributed by atoms with Gasteiger partial charge in [-0.25, -0.2) is 24.6 Å². The quantitative estimate of drug-likeness (QED) is 0.348. The van der Waals surface area contributed by atoms with Gasteiger partial charge in [-0.15, -0.1) is 11.3 Å². The second-order valence-corrected chi connectivity index (χ2v) is 11.4. The molecule has 1 aromatic carbocycles. The van der Waals surface area contributed by atoms with E-state index in [0.29, 0.717) is 24.3 Å². The number of thiazole rings is 1. The Morgan fingerprint density at radius 3 is 2.68 bits per heavy atom. The Bertz CT molecular complexity index is 1590. The standard InChI is InChI=1S/C27H31N9OS/c1-16-31-18(14-38-16)13-23-32-21-7-2-17(12-22(21)33-23)25-24-26(28)29-15-30-27(24)36(34-25)20-5-3-19(4-6-20)35-8-10-37-11-9-35/h2,7,12,14-15,19-20H,3-6,8-11,13H2,1H3,(H,32,33)(H2,28,29,30)/t19-,20-. The first-order chi connectivity index (χ1) is 18.6. The van der Waals surface area contributed by atoms with Gasteiger partial charge < -0.3 is 15.5 Å². The van der Waals surface area contributed by atoms with Crippen LogP contribution < -0.4 is 5.73 Å². The lowest BCUT2D eigenvalue weighted by atomic mass is 9.90. The molecule has 0 radical (unpaired) electrons. The molecule has 1 saturated carbocycles. The van der Waals surface area contributed by atoms with Gasteiger partial charge in [-0.05, 0) is 44.7 Å². The van der Waals surface area contributed by atoms with Crippen LogP contribution in [0.4, 0.5) is 5.82 Å². The Labute approximate surface area is 224 Å². The zero-order chi connectivity index (χ0) is 25.6. The molecule has 3 N–H and O–H groups in total. The molecule has 38 heavy (non-hydrogen) atoms. The van der Waals surface area contributed by atoms with Gasteiger partial charge in [0.1, 0.15) is 23.7 Å². The van der Waals surface area contributed by atoms with Gasteiger partial charge in [0.2, 0.25) is 0 Å². The molecule has 2 fully saturated rings. The Balaban J connectivity index is 1.19. The molecule has 196 valence electrons. The number of nitrogens with zero attached hydrogens (tertiary/aromatic N) is 7. The minimum absolute atomic E-state index is 0.293. The average Bonchev–Trinajstić information content (AvgIpc) is 3.66. The van der Waals surface area contributed by atoms with Crippen LogP contribution in [0.3, 0.4) is 0 Å². The van der Waals surface area contributed by atoms with Crippen LogP contribution in [0.15, 0.2) is 29.9 Å². The summed E-state index contributed by atoms with van der Waals surface area (Å²) in [7, 11) is 0. The van der Waals surface area contributed by atoms with Crippen LogP contribution in [0.2, 0.25) is 0 Å². The number of H-pyrrole nitrogens is 1. The van der Waals surface area contributed by atoms with Gasteiger partial charge in [-0.3, -0.25) is 4.90 Å². The summed E-state index contributed by atoms with van der Waals surface area (Å²) in [4.78, 5) is 24.4. The van der Waals surface area contributed by atoms with Crippen LogP contribution in [0.1, 0.15) is 48.3 Å². The molecule has 4 aromatic heterocycles. The van der Waals surface area contributed by atoms with Crippen molar-refractivity contribution in [2.24, 2.45) is 0 Å². The normalized spacial score (nSPS) is 21.0. The number of nitrogens with one attached hydrogen (secondary N) is 1. The minimum atomic E-state index is 0.293. The van der Waals surface area contributed by atoms with E-state index in [4.69, 9.17) is 20.6 Å². The number of ether oxygens (including phenoxy) is 1. The van der Waals surface area contributed by atoms with E-state index in [1.807, 2.05) is 13.0 Å². The van der Waals surface area contributed by atoms with Gasteiger partial charge in [0.05, 0.1) is 46.4 Å². The number of aromatic amines is 1. The molecule has 0 unspecified atom stereocenters. The SMILES string of the molecule is Cc1nc(Cc2nc3ccc(-c4nn([C@H]5CC[C@H](N6CCOCC6)CC5)c5ncnc(N)c45)cc3[nH]2)cs1. The second-order valence-electron chi connectivity index (χ2n) is 10.3. The molecule has 0 atom stereocenters. The molecule has 0 bridgehead atoms. The predicted octanol–water partition coefficient (Wildman–Crippen LogP) is 4.12. The number of hydrogen-bond donors (Lipinski definition) is 2. The number of anilines is 1. The lowest BCUT2D eigenvalue weighted by Gasteiger charge is -2.38. The predicted molar refractivity (Wildman–Crippen MR) is 148 cm³/mol. The maximum absolute atomic E-state index is 6.41. The lowest BCUT2D eigenvalue weighted by molar-refractivity contribution is 0.00520. The highest BCUT2D eigenvalue weighted by Gasteiger charge is 2.30. The van der Waals surface area contributed by atoms with Crippen LogP contribution >= 0.6 is 11.3 Å². The van der Waals surface area contributed by atoms with Gasteiger partial charge >= 0.3 is 0 Å². The molecule has 1 aliphatic carbocycles. The Kier molecular flexibility index (Phi) is 6.06. The third kappa shape index (κ3) is 4.34. The number of hydrogen-bond acceptors (Lipinski definition) is 9. The first-order valence-electron chi connectivity index (χ1n) is 13.3. The van der Waals surface area contributed by atoms with E-state index in [1.54, 1.807) is 17.7 Å². The number of imidazole rings is 1. The molecule has 5 heterocycles. The topological polar surface area (TPSA) is 124 Å². The molecular weight excluding hydrogens is 498 g/mol. The molecule has 5 aromatic rings. The van der Waals surface area contributed by atoms with Crippen LogP contribution in [0, 0.1) is 6.92 Å². The van der Waals surface area contributed by atoms with Crippen LogP contribution in [-0.4, -0.2) is 71.9 Å². The number of aryl methyl sites for hydroxylation is 1. The third-order valence-corrected chi connectivity index (χ3v) is 8.73. The molecule has 1 saturated heterocycles. The van der Waals surface area contributed by atoms with Crippen molar-refractivity contribution < 1.29 is 4.74 Å². The lowest BCUT2D eigenvalue weighted by Crippen LogP contribution is -2.45. The van der Waals surface area contributed by atoms with Crippen LogP contribution in [0.5, 0.6) is 0 Å². The molecule has 2 aliphatic rings. The van der Waals surface area contributed by atoms with Crippen molar-refractivity contribution in [1.29, 1.82) is 0 Å². The fourth-order valence-corrected chi connectivity index (χ4v) is 6.63. The van der Waals surface area contributed by atoms with Gasteiger partial charge in [-0.1, -0.05) is 6.07 Å². The maximum Gasteiger partial charge on any atom is 0.164 e. The fourth-order valence-electron chi connectivity index (χ4n) is 6.02. The monoisotopic (exact) mass is 529 g/mol. The largest absolute Gasteiger partial charge is 0.383 e. The van der Waals surface area contributed by atoms with Gasteiger partial charge in [0.25, 0.3) is 0 Å². The average molecular weight is 530 g/mol. The van der Waals surface area contributed by atoms with E-state index in [-0.39, 0.29) is 0 Å². The highest BCUT2D eigenvalue weighted by molar-refractivity contribution is 7.09. The van der Waals surface area contributed by atoms with E-state index in [0.717, 1.165) is 102 Å². The molecule has 1 aliphatic heterocycles. The molecule has 11 heteroatoms. The Morgan fingerprint density at radius 1 is 1.08 bits per heavy atom. The molecule has 10 nitrogen and oxygen atoms in total. The number of nitrogens with two attached hydrogens (primary N) is 1. The van der Waals surface area contributed by atoms with Crippen molar-refractivity contribution >= 4 is 39.2 Å². The number of morpholine rings is 1. The third-order valence-electron chi connectivity index (χ3n) is 7.91. The van der Waals surface area contributed by atoms with Crippen molar-refractivity contribution in [2.75, 3.05) is 32.0 Å². The zero-order valence-electron chi connectivity index (χ0n) is 21.4. The number of aromatic nitrogens is 7. The Hall–Kier alpha value is -3.41. The van der Waals surface area contributed by atoms with E-state index < -0.39 is 0 Å². The zero-order valence-corrected chi connectivity index (χ0v) is 22.2. The summed E-state index contributed by atoms with van der Waals surface area (Å²) in [6.07, 6.45) is 6.68. The minimum Gasteiger partial charge on any atom is -0.383 e. The van der Waals surface area contributed by atoms with E-state index in [1.165, 1.54) is 0 Å². The van der Waals surface area contributed by atoms with Gasteiger partial charge in [0, 0.05) is 36.5 Å². The van der Waals surface area contributed by atoms with Crippen molar-refractivity contribution in [3.8, 4) is 11.3 Å². The van der Waals surface area contributed by atoms with Crippen LogP contribution in [-0.2, 0) is 11.2 Å². The van der Waals surface area contributed by atoms with Crippen molar-refractivity contribution in [3.05, 3.63) is 46.4 Å². The smallest absolute Gasteiger partial charge is 0.164 e. The summed E-state index contributed by atoms with van der Waals surface area (Å²) in [6.45, 7) is 5.78. The first kappa shape index (κ1) is 23.7.